The molecule has 39 heavy (non-hydrogen) atoms. The molecule has 5 aromatic rings. The van der Waals surface area contributed by atoms with E-state index in [9.17, 15) is 9.90 Å². The number of carboxylic acid groups (broad SMARTS) is 1. The SMILES string of the molecule is Cc1nc(Oc2cccc3cc(OCc4c(-c5c(Cl)cccc5Cl)noc4P4CC4)ccc23)ccc1C(=O)O. The van der Waals surface area contributed by atoms with Gasteiger partial charge in [0.25, 0.3) is 0 Å². The molecule has 0 saturated carbocycles. The third-order valence-electron chi connectivity index (χ3n) is 6.40. The molecule has 0 spiro atoms. The largest absolute Gasteiger partial charge is 0.489 e. The van der Waals surface area contributed by atoms with Gasteiger partial charge in [0.15, 0.2) is 5.50 Å². The van der Waals surface area contributed by atoms with Crippen LogP contribution in [0.4, 0.5) is 0 Å². The van der Waals surface area contributed by atoms with Crippen molar-refractivity contribution < 1.29 is 23.9 Å². The maximum absolute atomic E-state index is 11.3. The van der Waals surface area contributed by atoms with Crippen molar-refractivity contribution in [2.75, 3.05) is 12.3 Å². The Morgan fingerprint density at radius 3 is 2.54 bits per heavy atom. The first-order chi connectivity index (χ1) is 18.9. The van der Waals surface area contributed by atoms with Crippen molar-refractivity contribution in [2.45, 2.75) is 13.5 Å². The van der Waals surface area contributed by atoms with Gasteiger partial charge in [-0.1, -0.05) is 46.6 Å². The standard InChI is InChI=1S/C29H21Cl2N2O5P/c1-16-19(28(34)35)10-11-25(32-16)37-24-7-2-4-17-14-18(8-9-20(17)24)36-15-21-27(33-38-29(21)39-12-13-39)26-22(30)5-3-6-23(26)31/h2-11,14H,12-13,15H2,1H3,(H,34,35). The van der Waals surface area contributed by atoms with E-state index in [1.54, 1.807) is 31.2 Å². The summed E-state index contributed by atoms with van der Waals surface area (Å²) in [5.74, 6) is 0.565. The molecule has 0 atom stereocenters. The lowest BCUT2D eigenvalue weighted by atomic mass is 10.1. The van der Waals surface area contributed by atoms with Gasteiger partial charge in [0.1, 0.15) is 23.8 Å². The Morgan fingerprint density at radius 2 is 1.82 bits per heavy atom. The Hall–Kier alpha value is -3.64. The number of nitrogens with zero attached hydrogens (tertiary/aromatic N) is 2. The molecule has 6 rings (SSSR count). The topological polar surface area (TPSA) is 94.7 Å². The van der Waals surface area contributed by atoms with Crippen LogP contribution in [0.15, 0.2) is 71.3 Å². The zero-order valence-corrected chi connectivity index (χ0v) is 23.1. The number of pyridine rings is 1. The first-order valence-corrected chi connectivity index (χ1v) is 14.6. The summed E-state index contributed by atoms with van der Waals surface area (Å²) < 4.78 is 18.0. The van der Waals surface area contributed by atoms with Gasteiger partial charge >= 0.3 is 5.97 Å². The maximum atomic E-state index is 11.3. The molecule has 0 aliphatic carbocycles. The van der Waals surface area contributed by atoms with Crippen LogP contribution in [0.2, 0.25) is 10.0 Å². The average Bonchev–Trinajstić information content (AvgIpc) is 3.67. The van der Waals surface area contributed by atoms with E-state index >= 15 is 0 Å². The van der Waals surface area contributed by atoms with E-state index in [4.69, 9.17) is 37.2 Å². The fourth-order valence-electron chi connectivity index (χ4n) is 4.35. The van der Waals surface area contributed by atoms with Crippen LogP contribution in [-0.2, 0) is 6.61 Å². The molecule has 3 heterocycles. The van der Waals surface area contributed by atoms with Crippen LogP contribution < -0.4 is 15.0 Å². The third kappa shape index (κ3) is 5.18. The van der Waals surface area contributed by atoms with Gasteiger partial charge in [0, 0.05) is 17.0 Å². The van der Waals surface area contributed by atoms with Gasteiger partial charge < -0.3 is 19.1 Å². The van der Waals surface area contributed by atoms with Crippen molar-refractivity contribution in [3.05, 3.63) is 93.6 Å². The van der Waals surface area contributed by atoms with Crippen LogP contribution >= 0.6 is 31.1 Å². The van der Waals surface area contributed by atoms with E-state index in [-0.39, 0.29) is 20.1 Å². The Labute approximate surface area is 235 Å². The van der Waals surface area contributed by atoms with Gasteiger partial charge in [-0.2, -0.15) is 0 Å². The monoisotopic (exact) mass is 578 g/mol. The average molecular weight is 579 g/mol. The summed E-state index contributed by atoms with van der Waals surface area (Å²) >= 11 is 13.0. The third-order valence-corrected chi connectivity index (χ3v) is 8.85. The smallest absolute Gasteiger partial charge is 0.337 e. The van der Waals surface area contributed by atoms with Crippen LogP contribution in [0, 0.1) is 6.92 Å². The summed E-state index contributed by atoms with van der Waals surface area (Å²) in [5.41, 5.74) is 3.53. The number of carboxylic acids is 1. The van der Waals surface area contributed by atoms with Crippen LogP contribution in [0.5, 0.6) is 17.4 Å². The van der Waals surface area contributed by atoms with Gasteiger partial charge in [-0.25, -0.2) is 9.78 Å². The molecule has 1 N–H and O–H groups in total. The highest BCUT2D eigenvalue weighted by Gasteiger charge is 2.33. The van der Waals surface area contributed by atoms with E-state index in [1.807, 2.05) is 36.4 Å². The van der Waals surface area contributed by atoms with E-state index in [0.29, 0.717) is 44.4 Å². The van der Waals surface area contributed by atoms with Gasteiger partial charge in [0.2, 0.25) is 5.88 Å². The lowest BCUT2D eigenvalue weighted by Crippen LogP contribution is -2.06. The molecule has 1 fully saturated rings. The Balaban J connectivity index is 1.27. The number of aromatic nitrogens is 2. The highest BCUT2D eigenvalue weighted by atomic mass is 35.5. The number of ether oxygens (including phenoxy) is 2. The zero-order chi connectivity index (χ0) is 27.1. The number of hydrogen-bond donors (Lipinski definition) is 1. The molecule has 1 saturated heterocycles. The van der Waals surface area contributed by atoms with E-state index in [2.05, 4.69) is 10.1 Å². The second-order valence-electron chi connectivity index (χ2n) is 9.02. The lowest BCUT2D eigenvalue weighted by Gasteiger charge is -2.12. The summed E-state index contributed by atoms with van der Waals surface area (Å²) in [7, 11) is -0.351. The minimum absolute atomic E-state index is 0.140. The van der Waals surface area contributed by atoms with Gasteiger partial charge in [-0.3, -0.25) is 0 Å². The summed E-state index contributed by atoms with van der Waals surface area (Å²) in [6.07, 6.45) is 2.22. The Morgan fingerprint density at radius 1 is 1.05 bits per heavy atom. The van der Waals surface area contributed by atoms with Gasteiger partial charge in [-0.05, 0) is 75.0 Å². The molecule has 2 aromatic heterocycles. The molecule has 7 nitrogen and oxygen atoms in total. The fourth-order valence-corrected chi connectivity index (χ4v) is 6.44. The van der Waals surface area contributed by atoms with Crippen molar-refractivity contribution in [1.29, 1.82) is 0 Å². The van der Waals surface area contributed by atoms with Crippen LogP contribution in [0.1, 0.15) is 21.6 Å². The summed E-state index contributed by atoms with van der Waals surface area (Å²) in [6.45, 7) is 1.90. The minimum atomic E-state index is -1.03. The summed E-state index contributed by atoms with van der Waals surface area (Å²) in [6, 6.07) is 19.8. The predicted octanol–water partition coefficient (Wildman–Crippen LogP) is 7.70. The molecule has 3 aromatic carbocycles. The fraction of sp³-hybridized carbons (Fsp3) is 0.138. The molecule has 1 aliphatic rings. The number of aromatic carboxylic acids is 1. The quantitative estimate of drug-likeness (QED) is 0.188. The predicted molar refractivity (Wildman–Crippen MR) is 153 cm³/mol. The number of halogens is 2. The van der Waals surface area contributed by atoms with Crippen LogP contribution in [-0.4, -0.2) is 33.5 Å². The van der Waals surface area contributed by atoms with E-state index < -0.39 is 5.97 Å². The summed E-state index contributed by atoms with van der Waals surface area (Å²) in [4.78, 5) is 15.6. The Bertz CT molecular complexity index is 1710. The summed E-state index contributed by atoms with van der Waals surface area (Å²) in [5, 5.41) is 16.4. The van der Waals surface area contributed by atoms with Crippen LogP contribution in [0.25, 0.3) is 22.0 Å². The first kappa shape index (κ1) is 25.6. The molecular weight excluding hydrogens is 558 g/mol. The van der Waals surface area contributed by atoms with Crippen molar-refractivity contribution in [1.82, 2.24) is 10.1 Å². The van der Waals surface area contributed by atoms with Crippen LogP contribution in [0.3, 0.4) is 0 Å². The van der Waals surface area contributed by atoms with E-state index in [1.165, 1.54) is 6.07 Å². The van der Waals surface area contributed by atoms with E-state index in [0.717, 1.165) is 34.2 Å². The number of rotatable bonds is 8. The number of fused-ring (bicyclic) bond motifs is 1. The number of aryl methyl sites for hydroxylation is 1. The van der Waals surface area contributed by atoms with Gasteiger partial charge in [0.05, 0.1) is 26.9 Å². The maximum Gasteiger partial charge on any atom is 0.337 e. The minimum Gasteiger partial charge on any atom is -0.489 e. The normalized spacial score (nSPS) is 13.0. The molecule has 196 valence electrons. The van der Waals surface area contributed by atoms with Crippen molar-refractivity contribution in [3.63, 3.8) is 0 Å². The number of hydrogen-bond acceptors (Lipinski definition) is 6. The van der Waals surface area contributed by atoms with Crippen molar-refractivity contribution in [2.24, 2.45) is 0 Å². The second kappa shape index (κ2) is 10.5. The number of carbonyl (C=O) groups is 1. The molecular formula is C29H21Cl2N2O5P. The lowest BCUT2D eigenvalue weighted by molar-refractivity contribution is 0.0695. The number of benzene rings is 3. The molecule has 1 aliphatic heterocycles. The van der Waals surface area contributed by atoms with Crippen molar-refractivity contribution >= 4 is 53.4 Å². The van der Waals surface area contributed by atoms with Gasteiger partial charge in [-0.15, -0.1) is 0 Å². The second-order valence-corrected chi connectivity index (χ2v) is 12.2. The molecule has 10 heteroatoms. The Kier molecular flexibility index (Phi) is 6.90. The zero-order valence-electron chi connectivity index (χ0n) is 20.6. The molecule has 0 radical (unpaired) electrons. The highest BCUT2D eigenvalue weighted by Crippen LogP contribution is 2.51. The van der Waals surface area contributed by atoms with Crippen molar-refractivity contribution in [3.8, 4) is 28.6 Å². The molecule has 0 amide bonds. The molecule has 0 unspecified atom stereocenters. The highest BCUT2D eigenvalue weighted by molar-refractivity contribution is 7.72. The molecule has 0 bridgehead atoms. The first-order valence-electron chi connectivity index (χ1n) is 12.1.